The van der Waals surface area contributed by atoms with Crippen molar-refractivity contribution < 1.29 is 9.13 Å². The van der Waals surface area contributed by atoms with E-state index in [1.165, 1.54) is 17.8 Å². The number of benzene rings is 3. The molecule has 2 atom stereocenters. The van der Waals surface area contributed by atoms with E-state index in [0.717, 1.165) is 22.4 Å². The second kappa shape index (κ2) is 7.93. The lowest BCUT2D eigenvalue weighted by atomic mass is 9.84. The quantitative estimate of drug-likeness (QED) is 0.349. The molecule has 0 saturated heterocycles. The summed E-state index contributed by atoms with van der Waals surface area (Å²) in [5.74, 6) is 0.933. The van der Waals surface area contributed by atoms with Crippen LogP contribution >= 0.6 is 23.4 Å². The maximum atomic E-state index is 15.2. The molecule has 0 saturated carbocycles. The van der Waals surface area contributed by atoms with Crippen LogP contribution < -0.4 is 10.1 Å². The van der Waals surface area contributed by atoms with Crippen molar-refractivity contribution in [3.8, 4) is 5.75 Å². The van der Waals surface area contributed by atoms with Gasteiger partial charge in [0.25, 0.3) is 0 Å². The molecule has 4 aromatic rings. The van der Waals surface area contributed by atoms with Crippen molar-refractivity contribution in [1.82, 2.24) is 14.8 Å². The first-order valence-corrected chi connectivity index (χ1v) is 12.0. The van der Waals surface area contributed by atoms with Gasteiger partial charge in [0.15, 0.2) is 0 Å². The smallest absolute Gasteiger partial charge is 0.227 e. The van der Waals surface area contributed by atoms with Crippen LogP contribution in [-0.2, 0) is 0 Å². The summed E-state index contributed by atoms with van der Waals surface area (Å²) in [5.41, 5.74) is 3.94. The summed E-state index contributed by atoms with van der Waals surface area (Å²) in [6.07, 6.45) is 1.46. The molecule has 5 nitrogen and oxygen atoms in total. The maximum Gasteiger partial charge on any atom is 0.227 e. The van der Waals surface area contributed by atoms with Gasteiger partial charge in [-0.25, -0.2) is 9.07 Å². The number of anilines is 1. The second-order valence-corrected chi connectivity index (χ2v) is 9.00. The standard InChI is InChI=1S/C25H18ClFN4OS/c1-33-25-29-24-28-21-17-13-15(26)11-12-19(17)32-23(14-7-3-2-4-8-14)20(21)22(31(24)30-25)16-9-5-6-10-18(16)27/h2-13,22-23H,1H3,(H,28,29,30)/t22-,23+/m0/s1. The van der Waals surface area contributed by atoms with Gasteiger partial charge in [0, 0.05) is 21.7 Å². The van der Waals surface area contributed by atoms with Gasteiger partial charge in [-0.15, -0.1) is 5.10 Å². The van der Waals surface area contributed by atoms with Gasteiger partial charge in [-0.2, -0.15) is 4.98 Å². The second-order valence-electron chi connectivity index (χ2n) is 7.80. The van der Waals surface area contributed by atoms with Crippen molar-refractivity contribution in [3.05, 3.63) is 106 Å². The van der Waals surface area contributed by atoms with Gasteiger partial charge in [0.2, 0.25) is 11.1 Å². The highest BCUT2D eigenvalue weighted by Gasteiger charge is 2.42. The van der Waals surface area contributed by atoms with Crippen LogP contribution in [0, 0.1) is 5.82 Å². The first-order chi connectivity index (χ1) is 16.1. The number of rotatable bonds is 3. The molecule has 2 aliphatic heterocycles. The molecule has 0 unspecified atom stereocenters. The number of hydrogen-bond donors (Lipinski definition) is 1. The van der Waals surface area contributed by atoms with Crippen molar-refractivity contribution in [2.24, 2.45) is 0 Å². The van der Waals surface area contributed by atoms with Gasteiger partial charge < -0.3 is 10.1 Å². The van der Waals surface area contributed by atoms with E-state index in [-0.39, 0.29) is 5.82 Å². The zero-order valence-corrected chi connectivity index (χ0v) is 19.1. The van der Waals surface area contributed by atoms with Gasteiger partial charge in [-0.05, 0) is 36.1 Å². The summed E-state index contributed by atoms with van der Waals surface area (Å²) in [6, 6.07) is 21.7. The number of aromatic nitrogens is 3. The predicted octanol–water partition coefficient (Wildman–Crippen LogP) is 6.35. The van der Waals surface area contributed by atoms with Gasteiger partial charge in [-0.1, -0.05) is 71.9 Å². The maximum absolute atomic E-state index is 15.2. The Hall–Kier alpha value is -3.29. The number of fused-ring (bicyclic) bond motifs is 3. The molecule has 3 aromatic carbocycles. The molecule has 0 spiro atoms. The van der Waals surface area contributed by atoms with E-state index in [0.29, 0.717) is 27.4 Å². The first kappa shape index (κ1) is 20.3. The lowest BCUT2D eigenvalue weighted by Gasteiger charge is -2.39. The predicted molar refractivity (Wildman–Crippen MR) is 128 cm³/mol. The summed E-state index contributed by atoms with van der Waals surface area (Å²) < 4.78 is 23.5. The fraction of sp³-hybridized carbons (Fsp3) is 0.120. The van der Waals surface area contributed by atoms with Crippen LogP contribution in [0.1, 0.15) is 28.8 Å². The Bertz CT molecular complexity index is 1400. The largest absolute Gasteiger partial charge is 0.480 e. The van der Waals surface area contributed by atoms with E-state index in [1.54, 1.807) is 22.9 Å². The molecule has 3 heterocycles. The molecule has 33 heavy (non-hydrogen) atoms. The molecular formula is C25H18ClFN4OS. The molecule has 6 rings (SSSR count). The molecule has 8 heteroatoms. The molecule has 2 aliphatic rings. The fourth-order valence-corrected chi connectivity index (χ4v) is 4.99. The highest BCUT2D eigenvalue weighted by molar-refractivity contribution is 7.98. The Morgan fingerprint density at radius 3 is 2.64 bits per heavy atom. The van der Waals surface area contributed by atoms with E-state index in [9.17, 15) is 0 Å². The van der Waals surface area contributed by atoms with Crippen LogP contribution in [0.15, 0.2) is 83.5 Å². The zero-order chi connectivity index (χ0) is 22.5. The van der Waals surface area contributed by atoms with Gasteiger partial charge in [-0.3, -0.25) is 0 Å². The molecule has 0 aliphatic carbocycles. The van der Waals surface area contributed by atoms with Crippen LogP contribution in [0.5, 0.6) is 5.75 Å². The van der Waals surface area contributed by atoms with E-state index in [2.05, 4.69) is 15.4 Å². The van der Waals surface area contributed by atoms with Crippen LogP contribution in [0.3, 0.4) is 0 Å². The van der Waals surface area contributed by atoms with Crippen molar-refractivity contribution in [3.63, 3.8) is 0 Å². The Labute approximate surface area is 199 Å². The third-order valence-corrected chi connectivity index (χ3v) is 6.67. The average Bonchev–Trinajstić information content (AvgIpc) is 3.26. The van der Waals surface area contributed by atoms with Crippen LogP contribution in [0.25, 0.3) is 5.70 Å². The lowest BCUT2D eigenvalue weighted by molar-refractivity contribution is 0.222. The van der Waals surface area contributed by atoms with Crippen molar-refractivity contribution in [1.29, 1.82) is 0 Å². The monoisotopic (exact) mass is 476 g/mol. The minimum absolute atomic E-state index is 0.313. The van der Waals surface area contributed by atoms with Crippen LogP contribution in [0.2, 0.25) is 5.02 Å². The average molecular weight is 477 g/mol. The molecule has 0 fully saturated rings. The third kappa shape index (κ3) is 3.31. The molecule has 1 N–H and O–H groups in total. The van der Waals surface area contributed by atoms with Gasteiger partial charge >= 0.3 is 0 Å². The summed E-state index contributed by atoms with van der Waals surface area (Å²) in [4.78, 5) is 4.63. The molecule has 164 valence electrons. The van der Waals surface area contributed by atoms with Gasteiger partial charge in [0.1, 0.15) is 23.7 Å². The molecule has 1 aromatic heterocycles. The van der Waals surface area contributed by atoms with E-state index in [1.807, 2.05) is 54.8 Å². The summed E-state index contributed by atoms with van der Waals surface area (Å²) in [6.45, 7) is 0. The van der Waals surface area contributed by atoms with E-state index < -0.39 is 12.1 Å². The van der Waals surface area contributed by atoms with Crippen LogP contribution in [-0.4, -0.2) is 21.0 Å². The third-order valence-electron chi connectivity index (χ3n) is 5.90. The van der Waals surface area contributed by atoms with Crippen molar-refractivity contribution in [2.45, 2.75) is 17.3 Å². The Kier molecular flexibility index (Phi) is 4.89. The van der Waals surface area contributed by atoms with E-state index in [4.69, 9.17) is 16.3 Å². The van der Waals surface area contributed by atoms with Crippen molar-refractivity contribution >= 4 is 35.0 Å². The molecule has 0 bridgehead atoms. The number of ether oxygens (including phenoxy) is 1. The zero-order valence-electron chi connectivity index (χ0n) is 17.5. The first-order valence-electron chi connectivity index (χ1n) is 10.4. The molecule has 0 radical (unpaired) electrons. The summed E-state index contributed by atoms with van der Waals surface area (Å²) >= 11 is 7.80. The number of halogens is 2. The Morgan fingerprint density at radius 2 is 1.85 bits per heavy atom. The number of nitrogens with one attached hydrogen (secondary N) is 1. The molecular weight excluding hydrogens is 459 g/mol. The summed E-state index contributed by atoms with van der Waals surface area (Å²) in [7, 11) is 0. The number of nitrogens with zero attached hydrogens (tertiary/aromatic N) is 3. The lowest BCUT2D eigenvalue weighted by Crippen LogP contribution is -2.32. The number of thioether (sulfide) groups is 1. The Morgan fingerprint density at radius 1 is 1.06 bits per heavy atom. The summed E-state index contributed by atoms with van der Waals surface area (Å²) in [5, 5.41) is 9.32. The minimum atomic E-state index is -0.553. The van der Waals surface area contributed by atoms with Crippen molar-refractivity contribution in [2.75, 3.05) is 11.6 Å². The topological polar surface area (TPSA) is 52.0 Å². The number of hydrogen-bond acceptors (Lipinski definition) is 5. The Balaban J connectivity index is 1.67. The fourth-order valence-electron chi connectivity index (χ4n) is 4.47. The molecule has 0 amide bonds. The normalized spacial score (nSPS) is 18.6. The van der Waals surface area contributed by atoms with E-state index >= 15 is 4.39 Å². The van der Waals surface area contributed by atoms with Gasteiger partial charge in [0.05, 0.1) is 5.70 Å². The minimum Gasteiger partial charge on any atom is -0.480 e. The SMILES string of the molecule is CSc1nc2n(n1)[C@@H](c1ccccc1F)C1=C(N2)c2cc(Cl)ccc2O[C@@H]1c1ccccc1. The van der Waals surface area contributed by atoms with Crippen LogP contribution in [0.4, 0.5) is 10.3 Å². The highest BCUT2D eigenvalue weighted by atomic mass is 35.5. The highest BCUT2D eigenvalue weighted by Crippen LogP contribution is 2.51.